The Bertz CT molecular complexity index is 693. The van der Waals surface area contributed by atoms with Crippen LogP contribution in [0.15, 0.2) is 28.7 Å². The number of nitrogens with zero attached hydrogens (tertiary/aromatic N) is 3. The molecular weight excluding hydrogens is 489 g/mol. The van der Waals surface area contributed by atoms with E-state index in [-0.39, 0.29) is 24.0 Å². The summed E-state index contributed by atoms with van der Waals surface area (Å²) in [4.78, 5) is 14.1. The standard InChI is InChI=1S/C19H29N5S2.HI/c1-14-6-8-24(9-7-14)16(17-5-4-10-25-17)12-22-19(20-3)23-13-18-21-11-15(2)26-18;/h4-5,10-11,14,16H,6-9,12-13H2,1-3H3,(H2,20,22,23);1H. The van der Waals surface area contributed by atoms with Crippen LogP contribution in [0.25, 0.3) is 0 Å². The summed E-state index contributed by atoms with van der Waals surface area (Å²) in [7, 11) is 1.82. The van der Waals surface area contributed by atoms with Crippen molar-refractivity contribution in [1.29, 1.82) is 0 Å². The van der Waals surface area contributed by atoms with E-state index in [9.17, 15) is 0 Å². The van der Waals surface area contributed by atoms with E-state index in [1.54, 1.807) is 11.3 Å². The maximum atomic E-state index is 4.41. The third-order valence-corrected chi connectivity index (χ3v) is 6.78. The molecule has 1 fully saturated rings. The number of aryl methyl sites for hydroxylation is 1. The Morgan fingerprint density at radius 1 is 1.37 bits per heavy atom. The summed E-state index contributed by atoms with van der Waals surface area (Å²) >= 11 is 3.57. The lowest BCUT2D eigenvalue weighted by atomic mass is 9.97. The van der Waals surface area contributed by atoms with E-state index in [0.29, 0.717) is 12.6 Å². The molecular formula is C19H30IN5S2. The van der Waals surface area contributed by atoms with E-state index in [4.69, 9.17) is 0 Å². The Labute approximate surface area is 187 Å². The fourth-order valence-corrected chi connectivity index (χ4v) is 4.87. The smallest absolute Gasteiger partial charge is 0.191 e. The van der Waals surface area contributed by atoms with Gasteiger partial charge >= 0.3 is 0 Å². The van der Waals surface area contributed by atoms with Gasteiger partial charge in [-0.05, 0) is 50.2 Å². The quantitative estimate of drug-likeness (QED) is 0.340. The minimum absolute atomic E-state index is 0. The van der Waals surface area contributed by atoms with Crippen LogP contribution in [0.4, 0.5) is 0 Å². The van der Waals surface area contributed by atoms with Gasteiger partial charge in [0.1, 0.15) is 5.01 Å². The first-order valence-corrected chi connectivity index (χ1v) is 11.0. The average molecular weight is 520 g/mol. The van der Waals surface area contributed by atoms with E-state index < -0.39 is 0 Å². The first kappa shape index (κ1) is 22.6. The van der Waals surface area contributed by atoms with Crippen LogP contribution in [-0.4, -0.2) is 42.5 Å². The van der Waals surface area contributed by atoms with Gasteiger partial charge < -0.3 is 10.6 Å². The highest BCUT2D eigenvalue weighted by Crippen LogP contribution is 2.29. The van der Waals surface area contributed by atoms with Crippen LogP contribution in [0.3, 0.4) is 0 Å². The van der Waals surface area contributed by atoms with Crippen LogP contribution in [0.2, 0.25) is 0 Å². The van der Waals surface area contributed by atoms with Gasteiger partial charge in [0.25, 0.3) is 0 Å². The molecule has 0 amide bonds. The van der Waals surface area contributed by atoms with Crippen molar-refractivity contribution in [3.05, 3.63) is 38.5 Å². The molecule has 2 aromatic heterocycles. The Balaban J connectivity index is 0.00000261. The monoisotopic (exact) mass is 519 g/mol. The molecule has 150 valence electrons. The second kappa shape index (κ2) is 11.3. The predicted octanol–water partition coefficient (Wildman–Crippen LogP) is 4.27. The van der Waals surface area contributed by atoms with Gasteiger partial charge in [-0.2, -0.15) is 0 Å². The molecule has 0 spiro atoms. The van der Waals surface area contributed by atoms with Gasteiger partial charge in [0.15, 0.2) is 5.96 Å². The lowest BCUT2D eigenvalue weighted by Gasteiger charge is -2.36. The molecule has 5 nitrogen and oxygen atoms in total. The molecule has 1 aliphatic heterocycles. The molecule has 8 heteroatoms. The second-order valence-corrected chi connectivity index (χ2v) is 9.22. The third kappa shape index (κ3) is 6.69. The Kier molecular flexibility index (Phi) is 9.47. The number of halogens is 1. The topological polar surface area (TPSA) is 52.6 Å². The molecule has 0 bridgehead atoms. The minimum Gasteiger partial charge on any atom is -0.354 e. The Morgan fingerprint density at radius 3 is 2.74 bits per heavy atom. The average Bonchev–Trinajstić information content (AvgIpc) is 3.31. The van der Waals surface area contributed by atoms with Crippen molar-refractivity contribution in [1.82, 2.24) is 20.5 Å². The lowest BCUT2D eigenvalue weighted by molar-refractivity contribution is 0.140. The van der Waals surface area contributed by atoms with Crippen molar-refractivity contribution < 1.29 is 0 Å². The summed E-state index contributed by atoms with van der Waals surface area (Å²) < 4.78 is 0. The summed E-state index contributed by atoms with van der Waals surface area (Å²) in [6.07, 6.45) is 4.50. The molecule has 27 heavy (non-hydrogen) atoms. The second-order valence-electron chi connectivity index (χ2n) is 6.92. The number of piperidine rings is 1. The van der Waals surface area contributed by atoms with Crippen LogP contribution < -0.4 is 10.6 Å². The van der Waals surface area contributed by atoms with Crippen molar-refractivity contribution in [2.75, 3.05) is 26.7 Å². The lowest BCUT2D eigenvalue weighted by Crippen LogP contribution is -2.44. The van der Waals surface area contributed by atoms with Crippen molar-refractivity contribution in [3.63, 3.8) is 0 Å². The SMILES string of the molecule is CN=C(NCc1ncc(C)s1)NCC(c1cccs1)N1CCC(C)CC1.I. The number of nitrogens with one attached hydrogen (secondary N) is 2. The molecule has 0 aliphatic carbocycles. The maximum absolute atomic E-state index is 4.41. The zero-order valence-corrected chi connectivity index (χ0v) is 20.2. The minimum atomic E-state index is 0. The first-order valence-electron chi connectivity index (χ1n) is 9.29. The van der Waals surface area contributed by atoms with Gasteiger partial charge in [-0.1, -0.05) is 13.0 Å². The molecule has 2 N–H and O–H groups in total. The van der Waals surface area contributed by atoms with E-state index in [0.717, 1.165) is 23.4 Å². The fraction of sp³-hybridized carbons (Fsp3) is 0.579. The first-order chi connectivity index (χ1) is 12.7. The zero-order chi connectivity index (χ0) is 18.4. The maximum Gasteiger partial charge on any atom is 0.191 e. The van der Waals surface area contributed by atoms with Crippen molar-refractivity contribution >= 4 is 52.6 Å². The molecule has 1 unspecified atom stereocenters. The normalized spacial score (nSPS) is 17.4. The van der Waals surface area contributed by atoms with Crippen LogP contribution in [0.5, 0.6) is 0 Å². The highest BCUT2D eigenvalue weighted by atomic mass is 127. The fourth-order valence-electron chi connectivity index (χ4n) is 3.29. The number of guanidine groups is 1. The number of thiophene rings is 1. The summed E-state index contributed by atoms with van der Waals surface area (Å²) in [6.45, 7) is 8.38. The number of aliphatic imine (C=N–C) groups is 1. The van der Waals surface area contributed by atoms with Gasteiger partial charge in [0.05, 0.1) is 12.6 Å². The van der Waals surface area contributed by atoms with Crippen LogP contribution in [0, 0.1) is 12.8 Å². The molecule has 1 aliphatic rings. The van der Waals surface area contributed by atoms with Gasteiger partial charge in [-0.15, -0.1) is 46.7 Å². The van der Waals surface area contributed by atoms with Crippen molar-refractivity contribution in [2.45, 2.75) is 39.3 Å². The number of likely N-dealkylation sites (tertiary alicyclic amines) is 1. The number of thiazole rings is 1. The van der Waals surface area contributed by atoms with E-state index >= 15 is 0 Å². The molecule has 1 saturated heterocycles. The summed E-state index contributed by atoms with van der Waals surface area (Å²) in [6, 6.07) is 4.81. The molecule has 0 aromatic carbocycles. The number of rotatable bonds is 6. The van der Waals surface area contributed by atoms with E-state index in [1.165, 1.54) is 35.7 Å². The van der Waals surface area contributed by atoms with Gasteiger partial charge in [-0.3, -0.25) is 9.89 Å². The Hall–Kier alpha value is -0.710. The molecule has 3 heterocycles. The molecule has 2 aromatic rings. The van der Waals surface area contributed by atoms with Crippen LogP contribution in [-0.2, 0) is 6.54 Å². The number of hydrogen-bond acceptors (Lipinski definition) is 5. The van der Waals surface area contributed by atoms with Gasteiger partial charge in [0.2, 0.25) is 0 Å². The number of aromatic nitrogens is 1. The largest absolute Gasteiger partial charge is 0.354 e. The molecule has 0 saturated carbocycles. The van der Waals surface area contributed by atoms with Crippen LogP contribution >= 0.6 is 46.7 Å². The Morgan fingerprint density at radius 2 is 2.15 bits per heavy atom. The molecule has 0 radical (unpaired) electrons. The molecule has 3 rings (SSSR count). The zero-order valence-electron chi connectivity index (χ0n) is 16.3. The van der Waals surface area contributed by atoms with Crippen molar-refractivity contribution in [2.24, 2.45) is 10.9 Å². The summed E-state index contributed by atoms with van der Waals surface area (Å²) in [5.41, 5.74) is 0. The predicted molar refractivity (Wildman–Crippen MR) is 127 cm³/mol. The highest BCUT2D eigenvalue weighted by molar-refractivity contribution is 14.0. The van der Waals surface area contributed by atoms with Crippen molar-refractivity contribution in [3.8, 4) is 0 Å². The third-order valence-electron chi connectivity index (χ3n) is 4.89. The highest BCUT2D eigenvalue weighted by Gasteiger charge is 2.25. The van der Waals surface area contributed by atoms with E-state index in [1.807, 2.05) is 24.6 Å². The molecule has 1 atom stereocenters. The van der Waals surface area contributed by atoms with Gasteiger partial charge in [-0.25, -0.2) is 4.98 Å². The number of hydrogen-bond donors (Lipinski definition) is 2. The summed E-state index contributed by atoms with van der Waals surface area (Å²) in [5.74, 6) is 1.68. The summed E-state index contributed by atoms with van der Waals surface area (Å²) in [5, 5.41) is 10.2. The van der Waals surface area contributed by atoms with Crippen LogP contribution in [0.1, 0.15) is 40.6 Å². The van der Waals surface area contributed by atoms with Gasteiger partial charge in [0, 0.05) is 29.5 Å². The van der Waals surface area contributed by atoms with E-state index in [2.05, 4.69) is 56.9 Å².